The molecule has 0 saturated carbocycles. The van der Waals surface area contributed by atoms with Crippen molar-refractivity contribution in [3.8, 4) is 0 Å². The number of ether oxygens (including phenoxy) is 1. The Bertz CT molecular complexity index is 352. The summed E-state index contributed by atoms with van der Waals surface area (Å²) in [5.74, 6) is -0.0731. The van der Waals surface area contributed by atoms with Gasteiger partial charge in [0.05, 0.1) is 7.11 Å². The third-order valence-electron chi connectivity index (χ3n) is 5.28. The zero-order chi connectivity index (χ0) is 21.1. The third-order valence-corrected chi connectivity index (χ3v) is 6.32. The molecule has 168 valence electrons. The fourth-order valence-corrected chi connectivity index (χ4v) is 4.95. The molecule has 1 unspecified atom stereocenters. The second kappa shape index (κ2) is 18.7. The Labute approximate surface area is 177 Å². The summed E-state index contributed by atoms with van der Waals surface area (Å²) in [6.07, 6.45) is 21.8. The van der Waals surface area contributed by atoms with Gasteiger partial charge in [-0.25, -0.2) is 0 Å². The van der Waals surface area contributed by atoms with Gasteiger partial charge in [0.25, 0.3) is 0 Å². The minimum Gasteiger partial charge on any atom is -0.469 e. The van der Waals surface area contributed by atoms with E-state index in [4.69, 9.17) is 4.43 Å². The Hall–Kier alpha value is -0.353. The molecule has 0 aliphatic carbocycles. The minimum absolute atomic E-state index is 0.0731. The maximum Gasteiger partial charge on any atom is 0.305 e. The number of hydrogen-bond acceptors (Lipinski definition) is 3. The summed E-state index contributed by atoms with van der Waals surface area (Å²) in [4.78, 5) is 11.1. The smallest absolute Gasteiger partial charge is 0.305 e. The molecule has 1 atom stereocenters. The predicted molar refractivity (Wildman–Crippen MR) is 124 cm³/mol. The minimum atomic E-state index is -1.44. The Morgan fingerprint density at radius 1 is 0.714 bits per heavy atom. The lowest BCUT2D eigenvalue weighted by atomic mass is 10.0. The van der Waals surface area contributed by atoms with Gasteiger partial charge in [0.15, 0.2) is 8.32 Å². The van der Waals surface area contributed by atoms with Crippen LogP contribution >= 0.6 is 0 Å². The number of carbonyl (C=O) groups excluding carboxylic acids is 1. The molecule has 3 nitrogen and oxygen atoms in total. The zero-order valence-corrected chi connectivity index (χ0v) is 20.8. The molecule has 0 rings (SSSR count). The highest BCUT2D eigenvalue weighted by Gasteiger charge is 2.20. The van der Waals surface area contributed by atoms with Gasteiger partial charge >= 0.3 is 5.97 Å². The fraction of sp³-hybridized carbons (Fsp3) is 0.958. The van der Waals surface area contributed by atoms with Crippen LogP contribution in [0.25, 0.3) is 0 Å². The molecule has 28 heavy (non-hydrogen) atoms. The van der Waals surface area contributed by atoms with Crippen molar-refractivity contribution in [2.45, 2.75) is 142 Å². The van der Waals surface area contributed by atoms with Crippen molar-refractivity contribution in [1.29, 1.82) is 0 Å². The summed E-state index contributed by atoms with van der Waals surface area (Å²) < 4.78 is 11.1. The lowest BCUT2D eigenvalue weighted by Crippen LogP contribution is -2.32. The second-order valence-corrected chi connectivity index (χ2v) is 13.8. The van der Waals surface area contributed by atoms with Gasteiger partial charge in [-0.1, -0.05) is 90.4 Å². The molecule has 0 amide bonds. The number of hydrogen-bond donors (Lipinski definition) is 0. The van der Waals surface area contributed by atoms with Crippen molar-refractivity contribution in [3.05, 3.63) is 0 Å². The van der Waals surface area contributed by atoms with Gasteiger partial charge in [-0.05, 0) is 38.9 Å². The first-order valence-electron chi connectivity index (χ1n) is 12.1. The van der Waals surface area contributed by atoms with E-state index in [2.05, 4.69) is 31.3 Å². The summed E-state index contributed by atoms with van der Waals surface area (Å²) in [5.41, 5.74) is 0. The summed E-state index contributed by atoms with van der Waals surface area (Å²) in [7, 11) is 0.0281. The molecule has 0 bridgehead atoms. The lowest BCUT2D eigenvalue weighted by molar-refractivity contribution is -0.140. The van der Waals surface area contributed by atoms with Gasteiger partial charge in [-0.3, -0.25) is 4.79 Å². The largest absolute Gasteiger partial charge is 0.469 e. The summed E-state index contributed by atoms with van der Waals surface area (Å²) in [6.45, 7) is 9.24. The highest BCUT2D eigenvalue weighted by Crippen LogP contribution is 2.20. The SMILES string of the molecule is CCCCCCCCC(CCCCCCCCCCC(=O)OC)O[Si](C)(C)C. The molecule has 0 aliphatic heterocycles. The van der Waals surface area contributed by atoms with Gasteiger partial charge in [0, 0.05) is 12.5 Å². The van der Waals surface area contributed by atoms with Gasteiger partial charge < -0.3 is 9.16 Å². The number of unbranched alkanes of at least 4 members (excludes halogenated alkanes) is 12. The van der Waals surface area contributed by atoms with Crippen LogP contribution in [0.5, 0.6) is 0 Å². The molecule has 0 fully saturated rings. The van der Waals surface area contributed by atoms with E-state index in [0.717, 1.165) is 12.8 Å². The average Bonchev–Trinajstić information content (AvgIpc) is 2.64. The topological polar surface area (TPSA) is 35.5 Å². The van der Waals surface area contributed by atoms with Crippen molar-refractivity contribution in [2.24, 2.45) is 0 Å². The highest BCUT2D eigenvalue weighted by molar-refractivity contribution is 6.69. The number of esters is 1. The zero-order valence-electron chi connectivity index (χ0n) is 19.8. The standard InChI is InChI=1S/C24H50O3Si/c1-6-7-8-9-14-17-20-23(27-28(3,4)5)21-18-15-12-10-11-13-16-19-22-24(25)26-2/h23H,6-22H2,1-5H3. The Balaban J connectivity index is 3.71. The molecule has 0 aromatic heterocycles. The van der Waals surface area contributed by atoms with E-state index < -0.39 is 8.32 Å². The van der Waals surface area contributed by atoms with Gasteiger partial charge in [-0.15, -0.1) is 0 Å². The first-order valence-corrected chi connectivity index (χ1v) is 15.5. The molecule has 0 aromatic rings. The Kier molecular flexibility index (Phi) is 18.4. The van der Waals surface area contributed by atoms with E-state index in [1.54, 1.807) is 0 Å². The van der Waals surface area contributed by atoms with Crippen LogP contribution in [0.1, 0.15) is 116 Å². The normalized spacial score (nSPS) is 12.9. The van der Waals surface area contributed by atoms with Crippen molar-refractivity contribution in [2.75, 3.05) is 7.11 Å². The van der Waals surface area contributed by atoms with E-state index >= 15 is 0 Å². The highest BCUT2D eigenvalue weighted by atomic mass is 28.4. The molecular formula is C24H50O3Si. The molecular weight excluding hydrogens is 364 g/mol. The van der Waals surface area contributed by atoms with Gasteiger partial charge in [-0.2, -0.15) is 0 Å². The van der Waals surface area contributed by atoms with Crippen LogP contribution in [0.15, 0.2) is 0 Å². The van der Waals surface area contributed by atoms with Crippen LogP contribution in [0.2, 0.25) is 19.6 Å². The second-order valence-electron chi connectivity index (χ2n) is 9.35. The van der Waals surface area contributed by atoms with Crippen molar-refractivity contribution in [1.82, 2.24) is 0 Å². The molecule has 0 radical (unpaired) electrons. The first kappa shape index (κ1) is 27.6. The molecule has 0 spiro atoms. The molecule has 0 heterocycles. The van der Waals surface area contributed by atoms with E-state index in [1.807, 2.05) is 0 Å². The quantitative estimate of drug-likeness (QED) is 0.115. The predicted octanol–water partition coefficient (Wildman–Crippen LogP) is 8.03. The van der Waals surface area contributed by atoms with Crippen LogP contribution in [0.4, 0.5) is 0 Å². The average molecular weight is 415 g/mol. The van der Waals surface area contributed by atoms with Crippen LogP contribution in [-0.4, -0.2) is 27.5 Å². The summed E-state index contributed by atoms with van der Waals surface area (Å²) in [6, 6.07) is 0. The van der Waals surface area contributed by atoms with E-state index in [-0.39, 0.29) is 5.97 Å². The molecule has 4 heteroatoms. The summed E-state index contributed by atoms with van der Waals surface area (Å²) >= 11 is 0. The van der Waals surface area contributed by atoms with E-state index in [9.17, 15) is 4.79 Å². The fourth-order valence-electron chi connectivity index (χ4n) is 3.72. The van der Waals surface area contributed by atoms with Crippen molar-refractivity contribution < 1.29 is 14.0 Å². The third kappa shape index (κ3) is 20.4. The Morgan fingerprint density at radius 3 is 1.57 bits per heavy atom. The van der Waals surface area contributed by atoms with Gasteiger partial charge in [0.1, 0.15) is 0 Å². The monoisotopic (exact) mass is 414 g/mol. The van der Waals surface area contributed by atoms with E-state index in [1.165, 1.54) is 97.0 Å². The molecule has 0 aromatic carbocycles. The van der Waals surface area contributed by atoms with E-state index in [0.29, 0.717) is 12.5 Å². The Morgan fingerprint density at radius 2 is 1.14 bits per heavy atom. The lowest BCUT2D eigenvalue weighted by Gasteiger charge is -2.26. The molecule has 0 N–H and O–H groups in total. The summed E-state index contributed by atoms with van der Waals surface area (Å²) in [5, 5.41) is 0. The van der Waals surface area contributed by atoms with Crippen LogP contribution < -0.4 is 0 Å². The maximum atomic E-state index is 11.1. The molecule has 0 aliphatic rings. The van der Waals surface area contributed by atoms with Gasteiger partial charge in [0.2, 0.25) is 0 Å². The van der Waals surface area contributed by atoms with Crippen molar-refractivity contribution in [3.63, 3.8) is 0 Å². The van der Waals surface area contributed by atoms with Crippen LogP contribution in [0, 0.1) is 0 Å². The first-order chi connectivity index (χ1) is 13.4. The number of methoxy groups -OCH3 is 1. The number of rotatable bonds is 20. The molecule has 0 saturated heterocycles. The maximum absolute atomic E-state index is 11.1. The van der Waals surface area contributed by atoms with Crippen LogP contribution in [0.3, 0.4) is 0 Å². The van der Waals surface area contributed by atoms with Crippen LogP contribution in [-0.2, 0) is 14.0 Å². The number of carbonyl (C=O) groups is 1. The van der Waals surface area contributed by atoms with Crippen molar-refractivity contribution >= 4 is 14.3 Å².